The summed E-state index contributed by atoms with van der Waals surface area (Å²) >= 11 is 5.55. The molecule has 0 aliphatic rings. The minimum Gasteiger partial charge on any atom is -0.341 e. The highest BCUT2D eigenvalue weighted by Crippen LogP contribution is 2.19. The highest BCUT2D eigenvalue weighted by molar-refractivity contribution is 6.27. The zero-order valence-electron chi connectivity index (χ0n) is 10.0. The number of alkyl halides is 1. The van der Waals surface area contributed by atoms with Gasteiger partial charge in [0.25, 0.3) is 0 Å². The summed E-state index contributed by atoms with van der Waals surface area (Å²) in [6, 6.07) is 9.41. The van der Waals surface area contributed by atoms with Gasteiger partial charge in [0.15, 0.2) is 0 Å². The van der Waals surface area contributed by atoms with Crippen molar-refractivity contribution < 1.29 is 4.79 Å². The molecule has 0 aliphatic carbocycles. The lowest BCUT2D eigenvalue weighted by Gasteiger charge is -2.18. The summed E-state index contributed by atoms with van der Waals surface area (Å²) in [7, 11) is 1.89. The molecule has 0 spiro atoms. The number of rotatable bonds is 4. The van der Waals surface area contributed by atoms with Gasteiger partial charge in [-0.1, -0.05) is 30.3 Å². The van der Waals surface area contributed by atoms with Gasteiger partial charge in [0.1, 0.15) is 17.7 Å². The summed E-state index contributed by atoms with van der Waals surface area (Å²) in [6.07, 6.45) is 3.55. The zero-order chi connectivity index (χ0) is 13.0. The Morgan fingerprint density at radius 2 is 2.17 bits per heavy atom. The van der Waals surface area contributed by atoms with Crippen LogP contribution in [0.15, 0.2) is 42.7 Å². The van der Waals surface area contributed by atoms with E-state index in [4.69, 9.17) is 11.6 Å². The molecule has 0 unspecified atom stereocenters. The number of nitrogens with one attached hydrogen (secondary N) is 1. The molecule has 0 saturated carbocycles. The first-order valence-electron chi connectivity index (χ1n) is 5.60. The van der Waals surface area contributed by atoms with Crippen LogP contribution in [0.1, 0.15) is 17.4 Å². The first-order valence-corrected chi connectivity index (χ1v) is 6.13. The quantitative estimate of drug-likeness (QED) is 0.856. The van der Waals surface area contributed by atoms with Crippen molar-refractivity contribution in [1.29, 1.82) is 0 Å². The average Bonchev–Trinajstić information content (AvgIpc) is 2.83. The summed E-state index contributed by atoms with van der Waals surface area (Å²) in [5.41, 5.74) is 0.977. The third-order valence-corrected chi connectivity index (χ3v) is 2.92. The first-order chi connectivity index (χ1) is 8.72. The summed E-state index contributed by atoms with van der Waals surface area (Å²) in [5.74, 6) is 0.501. The van der Waals surface area contributed by atoms with E-state index in [2.05, 4.69) is 10.3 Å². The number of carbonyl (C=O) groups excluding carboxylic acids is 1. The molecule has 0 saturated heterocycles. The van der Waals surface area contributed by atoms with Gasteiger partial charge in [-0.25, -0.2) is 4.98 Å². The molecule has 0 bridgehead atoms. The van der Waals surface area contributed by atoms with Gasteiger partial charge < -0.3 is 9.88 Å². The molecule has 5 heteroatoms. The van der Waals surface area contributed by atoms with Crippen LogP contribution in [0.25, 0.3) is 0 Å². The van der Waals surface area contributed by atoms with E-state index in [0.717, 1.165) is 11.4 Å². The molecule has 1 atom stereocenters. The van der Waals surface area contributed by atoms with Crippen LogP contribution >= 0.6 is 11.6 Å². The van der Waals surface area contributed by atoms with Crippen molar-refractivity contribution in [2.75, 3.05) is 5.88 Å². The van der Waals surface area contributed by atoms with Crippen LogP contribution in [-0.2, 0) is 11.8 Å². The van der Waals surface area contributed by atoms with Gasteiger partial charge in [-0.3, -0.25) is 4.79 Å². The van der Waals surface area contributed by atoms with Gasteiger partial charge in [0.2, 0.25) is 5.91 Å². The number of amides is 1. The second-order valence-corrected chi connectivity index (χ2v) is 4.21. The molecule has 0 radical (unpaired) electrons. The Labute approximate surface area is 111 Å². The van der Waals surface area contributed by atoms with Crippen molar-refractivity contribution in [3.8, 4) is 0 Å². The Morgan fingerprint density at radius 1 is 1.44 bits per heavy atom. The maximum Gasteiger partial charge on any atom is 0.235 e. The second-order valence-electron chi connectivity index (χ2n) is 3.94. The van der Waals surface area contributed by atoms with Crippen LogP contribution in [0.5, 0.6) is 0 Å². The van der Waals surface area contributed by atoms with E-state index in [1.807, 2.05) is 48.1 Å². The third kappa shape index (κ3) is 2.71. The minimum atomic E-state index is -0.280. The van der Waals surface area contributed by atoms with Crippen LogP contribution in [0.4, 0.5) is 0 Å². The maximum atomic E-state index is 11.5. The fourth-order valence-corrected chi connectivity index (χ4v) is 1.87. The summed E-state index contributed by atoms with van der Waals surface area (Å²) < 4.78 is 1.88. The van der Waals surface area contributed by atoms with Crippen LogP contribution in [0.2, 0.25) is 0 Å². The topological polar surface area (TPSA) is 46.9 Å². The van der Waals surface area contributed by atoms with Crippen molar-refractivity contribution in [3.63, 3.8) is 0 Å². The van der Waals surface area contributed by atoms with E-state index in [-0.39, 0.29) is 17.8 Å². The molecule has 0 aliphatic heterocycles. The molecule has 18 heavy (non-hydrogen) atoms. The Bertz CT molecular complexity index is 524. The lowest BCUT2D eigenvalue weighted by atomic mass is 10.1. The predicted octanol–water partition coefficient (Wildman–Crippen LogP) is 1.86. The molecular formula is C13H14ClN3O. The normalized spacial score (nSPS) is 12.1. The molecule has 1 aromatic heterocycles. The monoisotopic (exact) mass is 263 g/mol. The fourth-order valence-electron chi connectivity index (χ4n) is 1.80. The van der Waals surface area contributed by atoms with Crippen molar-refractivity contribution >= 4 is 17.5 Å². The molecule has 1 N–H and O–H groups in total. The van der Waals surface area contributed by atoms with E-state index in [1.54, 1.807) is 6.20 Å². The van der Waals surface area contributed by atoms with E-state index in [9.17, 15) is 4.79 Å². The van der Waals surface area contributed by atoms with Gasteiger partial charge in [-0.2, -0.15) is 0 Å². The van der Waals surface area contributed by atoms with Crippen molar-refractivity contribution in [1.82, 2.24) is 14.9 Å². The van der Waals surface area contributed by atoms with Crippen molar-refractivity contribution in [2.45, 2.75) is 6.04 Å². The summed E-state index contributed by atoms with van der Waals surface area (Å²) in [6.45, 7) is 0. The number of aryl methyl sites for hydroxylation is 1. The molecule has 2 rings (SSSR count). The number of carbonyl (C=O) groups is 1. The van der Waals surface area contributed by atoms with Crippen LogP contribution in [0.3, 0.4) is 0 Å². The molecule has 4 nitrogen and oxygen atoms in total. The highest BCUT2D eigenvalue weighted by Gasteiger charge is 2.19. The summed E-state index contributed by atoms with van der Waals surface area (Å²) in [4.78, 5) is 15.8. The number of hydrogen-bond acceptors (Lipinski definition) is 2. The predicted molar refractivity (Wildman–Crippen MR) is 70.4 cm³/mol. The van der Waals surface area contributed by atoms with Crippen LogP contribution in [-0.4, -0.2) is 21.3 Å². The number of aromatic nitrogens is 2. The lowest BCUT2D eigenvalue weighted by molar-refractivity contribution is -0.119. The van der Waals surface area contributed by atoms with Gasteiger partial charge in [0, 0.05) is 19.4 Å². The largest absolute Gasteiger partial charge is 0.341 e. The van der Waals surface area contributed by atoms with Crippen molar-refractivity contribution in [2.24, 2.45) is 7.05 Å². The smallest absolute Gasteiger partial charge is 0.235 e. The molecule has 0 fully saturated rings. The molecule has 1 aromatic carbocycles. The Balaban J connectivity index is 2.35. The Hall–Kier alpha value is -1.81. The maximum absolute atomic E-state index is 11.5. The van der Waals surface area contributed by atoms with Gasteiger partial charge in [0.05, 0.1) is 0 Å². The Kier molecular flexibility index (Phi) is 3.99. The molecule has 1 heterocycles. The number of hydrogen-bond donors (Lipinski definition) is 1. The van der Waals surface area contributed by atoms with Crippen LogP contribution in [0, 0.1) is 0 Å². The number of imidazole rings is 1. The van der Waals surface area contributed by atoms with E-state index in [0.29, 0.717) is 0 Å². The van der Waals surface area contributed by atoms with Crippen LogP contribution < -0.4 is 5.32 Å². The molecule has 1 amide bonds. The molecule has 2 aromatic rings. The number of benzene rings is 1. The zero-order valence-corrected chi connectivity index (χ0v) is 10.8. The van der Waals surface area contributed by atoms with E-state index >= 15 is 0 Å². The number of halogens is 1. The van der Waals surface area contributed by atoms with Gasteiger partial charge in [-0.05, 0) is 5.56 Å². The highest BCUT2D eigenvalue weighted by atomic mass is 35.5. The molecule has 94 valence electrons. The van der Waals surface area contributed by atoms with Gasteiger partial charge in [-0.15, -0.1) is 11.6 Å². The summed E-state index contributed by atoms with van der Waals surface area (Å²) in [5, 5.41) is 2.87. The lowest BCUT2D eigenvalue weighted by Crippen LogP contribution is -2.31. The average molecular weight is 264 g/mol. The second kappa shape index (κ2) is 5.69. The first kappa shape index (κ1) is 12.6. The Morgan fingerprint density at radius 3 is 2.72 bits per heavy atom. The van der Waals surface area contributed by atoms with Crippen molar-refractivity contribution in [3.05, 3.63) is 54.1 Å². The van der Waals surface area contributed by atoms with E-state index < -0.39 is 0 Å². The fraction of sp³-hybridized carbons (Fsp3) is 0.231. The SMILES string of the molecule is Cn1ccnc1[C@H](NC(=O)CCl)c1ccccc1. The molecular weight excluding hydrogens is 250 g/mol. The number of nitrogens with zero attached hydrogens (tertiary/aromatic N) is 2. The minimum absolute atomic E-state index is 0.0617. The third-order valence-electron chi connectivity index (χ3n) is 2.68. The van der Waals surface area contributed by atoms with E-state index in [1.165, 1.54) is 0 Å². The van der Waals surface area contributed by atoms with Gasteiger partial charge >= 0.3 is 0 Å². The standard InChI is InChI=1S/C13H14ClN3O/c1-17-8-7-15-13(17)12(16-11(18)9-14)10-5-3-2-4-6-10/h2-8,12H,9H2,1H3,(H,16,18)/t12-/m1/s1.